The average Bonchev–Trinajstić information content (AvgIpc) is 2.51. The molecule has 21 heavy (non-hydrogen) atoms. The van der Waals surface area contributed by atoms with Crippen LogP contribution in [0.2, 0.25) is 0 Å². The Kier molecular flexibility index (Phi) is 4.94. The molecule has 1 aromatic heterocycles. The summed E-state index contributed by atoms with van der Waals surface area (Å²) in [6.07, 6.45) is 0. The number of rotatable bonds is 6. The predicted octanol–water partition coefficient (Wildman–Crippen LogP) is 2.28. The molecule has 0 spiro atoms. The quantitative estimate of drug-likeness (QED) is 0.878. The first-order chi connectivity index (χ1) is 10.2. The van der Waals surface area contributed by atoms with Crippen molar-refractivity contribution in [3.05, 3.63) is 30.1 Å². The summed E-state index contributed by atoms with van der Waals surface area (Å²) in [5.74, 6) is 2.27. The van der Waals surface area contributed by atoms with E-state index in [1.807, 2.05) is 25.1 Å². The van der Waals surface area contributed by atoms with Gasteiger partial charge >= 0.3 is 0 Å². The molecule has 1 heterocycles. The molecule has 2 aromatic rings. The summed E-state index contributed by atoms with van der Waals surface area (Å²) in [5, 5.41) is 0. The van der Waals surface area contributed by atoms with Crippen LogP contribution in [0, 0.1) is 0 Å². The third-order valence-corrected chi connectivity index (χ3v) is 2.91. The van der Waals surface area contributed by atoms with Gasteiger partial charge in [0.05, 0.1) is 19.9 Å². The maximum atomic E-state index is 5.83. The van der Waals surface area contributed by atoms with Crippen LogP contribution < -0.4 is 15.2 Å². The van der Waals surface area contributed by atoms with E-state index in [9.17, 15) is 0 Å². The van der Waals surface area contributed by atoms with Crippen molar-refractivity contribution in [2.75, 3.05) is 26.6 Å². The Hall–Kier alpha value is -2.34. The van der Waals surface area contributed by atoms with Crippen LogP contribution >= 0.6 is 0 Å². The number of anilines is 1. The molecule has 0 fully saturated rings. The number of benzene rings is 1. The average molecular weight is 289 g/mol. The zero-order chi connectivity index (χ0) is 15.2. The minimum atomic E-state index is 0.335. The normalized spacial score (nSPS) is 10.4. The fourth-order valence-electron chi connectivity index (χ4n) is 1.92. The van der Waals surface area contributed by atoms with Crippen LogP contribution in [0.4, 0.5) is 5.82 Å². The van der Waals surface area contributed by atoms with E-state index in [0.717, 1.165) is 11.3 Å². The Labute approximate surface area is 123 Å². The standard InChI is InChI=1S/C15H19N3O3/c1-4-21-9-15-17-11(8-14(16)18-15)10-5-6-12(19-2)13(7-10)20-3/h5-8H,4,9H2,1-3H3,(H2,16,17,18). The van der Waals surface area contributed by atoms with E-state index in [1.54, 1.807) is 20.3 Å². The molecule has 2 rings (SSSR count). The van der Waals surface area contributed by atoms with Crippen molar-refractivity contribution in [3.8, 4) is 22.8 Å². The SMILES string of the molecule is CCOCc1nc(N)cc(-c2ccc(OC)c(OC)c2)n1. The molecule has 0 saturated heterocycles. The van der Waals surface area contributed by atoms with Crippen molar-refractivity contribution in [1.82, 2.24) is 9.97 Å². The van der Waals surface area contributed by atoms with Gasteiger partial charge in [0.25, 0.3) is 0 Å². The van der Waals surface area contributed by atoms with Crippen LogP contribution in [0.15, 0.2) is 24.3 Å². The summed E-state index contributed by atoms with van der Waals surface area (Å²) in [6.45, 7) is 2.85. The van der Waals surface area contributed by atoms with Crippen LogP contribution in [-0.4, -0.2) is 30.8 Å². The lowest BCUT2D eigenvalue weighted by Gasteiger charge is -2.10. The van der Waals surface area contributed by atoms with Crippen LogP contribution in [0.1, 0.15) is 12.7 Å². The Morgan fingerprint density at radius 1 is 1.05 bits per heavy atom. The largest absolute Gasteiger partial charge is 0.493 e. The van der Waals surface area contributed by atoms with Gasteiger partial charge in [0.1, 0.15) is 12.4 Å². The molecule has 1 aromatic carbocycles. The highest BCUT2D eigenvalue weighted by Gasteiger charge is 2.09. The molecule has 2 N–H and O–H groups in total. The number of nitrogen functional groups attached to an aromatic ring is 1. The number of nitrogens with two attached hydrogens (primary N) is 1. The monoisotopic (exact) mass is 289 g/mol. The van der Waals surface area contributed by atoms with Crippen LogP contribution in [-0.2, 0) is 11.3 Å². The van der Waals surface area contributed by atoms with Gasteiger partial charge in [-0.1, -0.05) is 0 Å². The molecule has 0 aliphatic carbocycles. The summed E-state index contributed by atoms with van der Waals surface area (Å²) in [4.78, 5) is 8.62. The zero-order valence-electron chi connectivity index (χ0n) is 12.4. The van der Waals surface area contributed by atoms with Crippen molar-refractivity contribution < 1.29 is 14.2 Å². The highest BCUT2D eigenvalue weighted by atomic mass is 16.5. The molecule has 0 radical (unpaired) electrons. The minimum Gasteiger partial charge on any atom is -0.493 e. The fourth-order valence-corrected chi connectivity index (χ4v) is 1.92. The highest BCUT2D eigenvalue weighted by Crippen LogP contribution is 2.31. The molecule has 6 heteroatoms. The molecule has 0 amide bonds. The second-order valence-electron chi connectivity index (χ2n) is 4.30. The lowest BCUT2D eigenvalue weighted by molar-refractivity contribution is 0.128. The van der Waals surface area contributed by atoms with Crippen LogP contribution in [0.3, 0.4) is 0 Å². The summed E-state index contributed by atoms with van der Waals surface area (Å²) >= 11 is 0. The van der Waals surface area contributed by atoms with Crippen molar-refractivity contribution in [3.63, 3.8) is 0 Å². The molecule has 0 aliphatic heterocycles. The van der Waals surface area contributed by atoms with E-state index in [-0.39, 0.29) is 0 Å². The third-order valence-electron chi connectivity index (χ3n) is 2.91. The van der Waals surface area contributed by atoms with Gasteiger partial charge < -0.3 is 19.9 Å². The predicted molar refractivity (Wildman–Crippen MR) is 80.3 cm³/mol. The van der Waals surface area contributed by atoms with E-state index in [4.69, 9.17) is 19.9 Å². The van der Waals surface area contributed by atoms with Crippen molar-refractivity contribution in [1.29, 1.82) is 0 Å². The Bertz CT molecular complexity index is 617. The maximum absolute atomic E-state index is 5.83. The van der Waals surface area contributed by atoms with Crippen molar-refractivity contribution in [2.45, 2.75) is 13.5 Å². The maximum Gasteiger partial charge on any atom is 0.161 e. The van der Waals surface area contributed by atoms with E-state index in [2.05, 4.69) is 9.97 Å². The molecule has 0 bridgehead atoms. The van der Waals surface area contributed by atoms with Gasteiger partial charge in [-0.15, -0.1) is 0 Å². The lowest BCUT2D eigenvalue weighted by Crippen LogP contribution is -2.03. The molecular formula is C15H19N3O3. The van der Waals surface area contributed by atoms with Crippen molar-refractivity contribution >= 4 is 5.82 Å². The Morgan fingerprint density at radius 3 is 2.48 bits per heavy atom. The molecule has 0 atom stereocenters. The third kappa shape index (κ3) is 3.61. The smallest absolute Gasteiger partial charge is 0.161 e. The van der Waals surface area contributed by atoms with Gasteiger partial charge in [0.15, 0.2) is 17.3 Å². The van der Waals surface area contributed by atoms with Crippen LogP contribution in [0.25, 0.3) is 11.3 Å². The van der Waals surface area contributed by atoms with E-state index in [0.29, 0.717) is 36.4 Å². The minimum absolute atomic E-state index is 0.335. The van der Waals surface area contributed by atoms with Gasteiger partial charge in [-0.3, -0.25) is 0 Å². The topological polar surface area (TPSA) is 79.5 Å². The Balaban J connectivity index is 2.39. The first-order valence-electron chi connectivity index (χ1n) is 6.61. The zero-order valence-corrected chi connectivity index (χ0v) is 12.4. The molecule has 6 nitrogen and oxygen atoms in total. The second-order valence-corrected chi connectivity index (χ2v) is 4.30. The van der Waals surface area contributed by atoms with E-state index < -0.39 is 0 Å². The molecule has 0 aliphatic rings. The summed E-state index contributed by atoms with van der Waals surface area (Å²) in [6, 6.07) is 7.30. The van der Waals surface area contributed by atoms with Gasteiger partial charge in [0, 0.05) is 18.2 Å². The number of methoxy groups -OCH3 is 2. The summed E-state index contributed by atoms with van der Waals surface area (Å²) < 4.78 is 15.8. The van der Waals surface area contributed by atoms with Gasteiger partial charge in [-0.2, -0.15) is 0 Å². The number of ether oxygens (including phenoxy) is 3. The number of aromatic nitrogens is 2. The summed E-state index contributed by atoms with van der Waals surface area (Å²) in [7, 11) is 3.19. The molecule has 0 unspecified atom stereocenters. The number of nitrogens with zero attached hydrogens (tertiary/aromatic N) is 2. The van der Waals surface area contributed by atoms with Gasteiger partial charge in [0.2, 0.25) is 0 Å². The van der Waals surface area contributed by atoms with Gasteiger partial charge in [-0.25, -0.2) is 9.97 Å². The van der Waals surface area contributed by atoms with E-state index in [1.165, 1.54) is 0 Å². The first kappa shape index (κ1) is 15.1. The highest BCUT2D eigenvalue weighted by molar-refractivity contribution is 5.65. The number of hydrogen-bond acceptors (Lipinski definition) is 6. The summed E-state index contributed by atoms with van der Waals surface area (Å²) in [5.41, 5.74) is 7.43. The van der Waals surface area contributed by atoms with Gasteiger partial charge in [-0.05, 0) is 25.1 Å². The lowest BCUT2D eigenvalue weighted by atomic mass is 10.1. The second kappa shape index (κ2) is 6.90. The molecular weight excluding hydrogens is 270 g/mol. The van der Waals surface area contributed by atoms with E-state index >= 15 is 0 Å². The fraction of sp³-hybridized carbons (Fsp3) is 0.333. The Morgan fingerprint density at radius 2 is 1.81 bits per heavy atom. The number of hydrogen-bond donors (Lipinski definition) is 1. The molecule has 0 saturated carbocycles. The van der Waals surface area contributed by atoms with Crippen molar-refractivity contribution in [2.24, 2.45) is 0 Å². The first-order valence-corrected chi connectivity index (χ1v) is 6.61. The van der Waals surface area contributed by atoms with Crippen LogP contribution in [0.5, 0.6) is 11.5 Å². The molecule has 112 valence electrons.